The van der Waals surface area contributed by atoms with Gasteiger partial charge < -0.3 is 31.5 Å². The van der Waals surface area contributed by atoms with Crippen LogP contribution in [-0.2, 0) is 0 Å². The molecule has 6 nitrogen and oxygen atoms in total. The molecule has 2 saturated carbocycles. The highest BCUT2D eigenvalue weighted by molar-refractivity contribution is 5.04. The molecular weight excluding hydrogens is 448 g/mol. The lowest BCUT2D eigenvalue weighted by molar-refractivity contribution is -0.0115. The Hall–Kier alpha value is -0.240. The van der Waals surface area contributed by atoms with Crippen molar-refractivity contribution in [1.29, 1.82) is 0 Å². The van der Waals surface area contributed by atoms with Crippen LogP contribution in [0.2, 0.25) is 0 Å². The van der Waals surface area contributed by atoms with Gasteiger partial charge in [-0.05, 0) is 89.9 Å². The van der Waals surface area contributed by atoms with Crippen LogP contribution in [0.25, 0.3) is 0 Å². The number of hydrogen-bond acceptors (Lipinski definition) is 6. The summed E-state index contributed by atoms with van der Waals surface area (Å²) in [6, 6.07) is 4.32. The first kappa shape index (κ1) is 24.8. The topological polar surface area (TPSA) is 88.6 Å². The van der Waals surface area contributed by atoms with Crippen LogP contribution in [0.4, 0.5) is 0 Å². The van der Waals surface area contributed by atoms with E-state index in [2.05, 4.69) is 21.3 Å². The number of aliphatic hydroxyl groups is 2. The Kier molecular flexibility index (Phi) is 7.15. The summed E-state index contributed by atoms with van der Waals surface area (Å²) in [4.78, 5) is 0. The van der Waals surface area contributed by atoms with Gasteiger partial charge in [0.05, 0.1) is 12.2 Å². The fraction of sp³-hybridized carbons (Fsp3) is 1.00. The SMILES string of the molecule is OC1C2CCCC1C1CCC(CC3CCC(N3)C3CCCC(C4CCC(CC5CCC2N5)N4)C3O)N1. The largest absolute Gasteiger partial charge is 0.392 e. The average molecular weight is 501 g/mol. The van der Waals surface area contributed by atoms with E-state index in [-0.39, 0.29) is 12.2 Å². The van der Waals surface area contributed by atoms with Crippen molar-refractivity contribution in [2.24, 2.45) is 23.7 Å². The highest BCUT2D eigenvalue weighted by Crippen LogP contribution is 2.42. The van der Waals surface area contributed by atoms with E-state index in [1.54, 1.807) is 0 Å². The van der Waals surface area contributed by atoms with Crippen LogP contribution < -0.4 is 21.3 Å². The second-order valence-electron chi connectivity index (χ2n) is 14.2. The maximum atomic E-state index is 11.6. The molecule has 12 atom stereocenters. The van der Waals surface area contributed by atoms with Crippen molar-refractivity contribution in [3.8, 4) is 0 Å². The summed E-state index contributed by atoms with van der Waals surface area (Å²) in [7, 11) is 0. The van der Waals surface area contributed by atoms with Gasteiger partial charge in [0.25, 0.3) is 0 Å². The minimum absolute atomic E-state index is 0.152. The van der Waals surface area contributed by atoms with Gasteiger partial charge in [0.15, 0.2) is 0 Å². The Labute approximate surface area is 218 Å². The molecular formula is C30H52N4O2. The number of hydrogen-bond donors (Lipinski definition) is 6. The first-order valence-corrected chi connectivity index (χ1v) is 16.0. The van der Waals surface area contributed by atoms with Gasteiger partial charge in [0.1, 0.15) is 0 Å². The molecule has 0 aromatic carbocycles. The quantitative estimate of drug-likeness (QED) is 0.307. The van der Waals surface area contributed by atoms with E-state index in [9.17, 15) is 10.2 Å². The van der Waals surface area contributed by atoms with Gasteiger partial charge in [-0.1, -0.05) is 12.8 Å². The zero-order chi connectivity index (χ0) is 24.2. The summed E-state index contributed by atoms with van der Waals surface area (Å²) in [6.07, 6.45) is 19.4. The van der Waals surface area contributed by atoms with Crippen molar-refractivity contribution in [1.82, 2.24) is 21.3 Å². The van der Waals surface area contributed by atoms with Gasteiger partial charge >= 0.3 is 0 Å². The highest BCUT2D eigenvalue weighted by atomic mass is 16.3. The van der Waals surface area contributed by atoms with Gasteiger partial charge in [-0.25, -0.2) is 0 Å². The summed E-state index contributed by atoms with van der Waals surface area (Å²) in [5, 5.41) is 39.3. The standard InChI is InChI=1S/C30H52N4O2/c35-29-21-3-1-4-22(29)26-12-8-18(32-26)16-20-10-14-28(34-20)24-6-2-5-23(30(24)36)27-13-9-19(33-27)15-17-7-11-25(21)31-17/h17-36H,1-16H2. The first-order chi connectivity index (χ1) is 17.6. The maximum absolute atomic E-state index is 11.6. The highest BCUT2D eigenvalue weighted by Gasteiger charge is 2.47. The monoisotopic (exact) mass is 500 g/mol. The molecule has 5 saturated heterocycles. The Morgan fingerprint density at radius 1 is 0.361 bits per heavy atom. The molecule has 12 unspecified atom stereocenters. The van der Waals surface area contributed by atoms with E-state index >= 15 is 0 Å². The molecule has 0 aromatic rings. The Morgan fingerprint density at radius 2 is 0.639 bits per heavy atom. The second-order valence-corrected chi connectivity index (χ2v) is 14.2. The smallest absolute Gasteiger partial charge is 0.0626 e. The average Bonchev–Trinajstić information content (AvgIpc) is 3.68. The molecule has 7 fully saturated rings. The molecule has 7 aliphatic rings. The normalized spacial score (nSPS) is 55.5. The lowest BCUT2D eigenvalue weighted by Crippen LogP contribution is -2.52. The van der Waals surface area contributed by atoms with Crippen LogP contribution in [0.3, 0.4) is 0 Å². The molecule has 0 radical (unpaired) electrons. The van der Waals surface area contributed by atoms with E-state index in [0.717, 1.165) is 0 Å². The molecule has 204 valence electrons. The molecule has 0 aromatic heterocycles. The summed E-state index contributed by atoms with van der Waals surface area (Å²) in [5.74, 6) is 1.71. The van der Waals surface area contributed by atoms with Crippen molar-refractivity contribution in [3.05, 3.63) is 0 Å². The minimum Gasteiger partial charge on any atom is -0.392 e. The molecule has 12 bridgehead atoms. The molecule has 6 heteroatoms. The summed E-state index contributed by atoms with van der Waals surface area (Å²) in [6.45, 7) is 0. The molecule has 0 amide bonds. The Morgan fingerprint density at radius 3 is 0.917 bits per heavy atom. The predicted octanol–water partition coefficient (Wildman–Crippen LogP) is 2.82. The van der Waals surface area contributed by atoms with Crippen molar-refractivity contribution < 1.29 is 10.2 Å². The second kappa shape index (κ2) is 10.4. The van der Waals surface area contributed by atoms with E-state index in [0.29, 0.717) is 72.0 Å². The fourth-order valence-electron chi connectivity index (χ4n) is 10.4. The third kappa shape index (κ3) is 4.70. The zero-order valence-corrected chi connectivity index (χ0v) is 22.3. The number of fused-ring (bicyclic) bond motifs is 16. The lowest BCUT2D eigenvalue weighted by Gasteiger charge is -2.41. The molecule has 6 N–H and O–H groups in total. The van der Waals surface area contributed by atoms with Gasteiger partial charge in [-0.2, -0.15) is 0 Å². The molecule has 2 aliphatic carbocycles. The molecule has 5 heterocycles. The third-order valence-corrected chi connectivity index (χ3v) is 12.2. The molecule has 5 aliphatic heterocycles. The van der Waals surface area contributed by atoms with E-state index in [1.807, 2.05) is 0 Å². The molecule has 36 heavy (non-hydrogen) atoms. The minimum atomic E-state index is -0.152. The van der Waals surface area contributed by atoms with E-state index < -0.39 is 0 Å². The van der Waals surface area contributed by atoms with Crippen molar-refractivity contribution in [2.45, 2.75) is 163 Å². The number of nitrogens with one attached hydrogen (secondary N) is 4. The van der Waals surface area contributed by atoms with Crippen LogP contribution in [-0.4, -0.2) is 70.8 Å². The van der Waals surface area contributed by atoms with E-state index in [1.165, 1.54) is 103 Å². The van der Waals surface area contributed by atoms with Crippen molar-refractivity contribution in [2.75, 3.05) is 0 Å². The predicted molar refractivity (Wildman–Crippen MR) is 143 cm³/mol. The van der Waals surface area contributed by atoms with E-state index in [4.69, 9.17) is 0 Å². The fourth-order valence-corrected chi connectivity index (χ4v) is 10.4. The van der Waals surface area contributed by atoms with Crippen LogP contribution in [0.1, 0.15) is 103 Å². The van der Waals surface area contributed by atoms with Crippen LogP contribution in [0.15, 0.2) is 0 Å². The summed E-state index contributed by atoms with van der Waals surface area (Å²) >= 11 is 0. The molecule has 0 spiro atoms. The van der Waals surface area contributed by atoms with Crippen LogP contribution in [0, 0.1) is 23.7 Å². The van der Waals surface area contributed by atoms with Gasteiger partial charge in [-0.15, -0.1) is 0 Å². The van der Waals surface area contributed by atoms with Crippen molar-refractivity contribution in [3.63, 3.8) is 0 Å². The maximum Gasteiger partial charge on any atom is 0.0626 e. The summed E-state index contributed by atoms with van der Waals surface area (Å²) in [5.41, 5.74) is 0. The van der Waals surface area contributed by atoms with Gasteiger partial charge in [-0.3, -0.25) is 0 Å². The lowest BCUT2D eigenvalue weighted by atomic mass is 9.72. The van der Waals surface area contributed by atoms with Gasteiger partial charge in [0.2, 0.25) is 0 Å². The number of rotatable bonds is 0. The van der Waals surface area contributed by atoms with Crippen LogP contribution >= 0.6 is 0 Å². The van der Waals surface area contributed by atoms with Crippen molar-refractivity contribution >= 4 is 0 Å². The Bertz CT molecular complexity index is 649. The number of aliphatic hydroxyl groups excluding tert-OH is 2. The zero-order valence-electron chi connectivity index (χ0n) is 22.3. The molecule has 7 rings (SSSR count). The Balaban J connectivity index is 1.10. The van der Waals surface area contributed by atoms with Gasteiger partial charge in [0, 0.05) is 72.0 Å². The first-order valence-electron chi connectivity index (χ1n) is 16.0. The summed E-state index contributed by atoms with van der Waals surface area (Å²) < 4.78 is 0. The third-order valence-electron chi connectivity index (χ3n) is 12.2. The van der Waals surface area contributed by atoms with Crippen LogP contribution in [0.5, 0.6) is 0 Å².